The summed E-state index contributed by atoms with van der Waals surface area (Å²) in [5.74, 6) is -0.721. The lowest BCUT2D eigenvalue weighted by Gasteiger charge is -2.37. The molecule has 96 valence electrons. The Morgan fingerprint density at radius 2 is 1.78 bits per heavy atom. The van der Waals surface area contributed by atoms with E-state index in [1.54, 1.807) is 0 Å². The zero-order valence-electron chi connectivity index (χ0n) is 10.5. The van der Waals surface area contributed by atoms with Gasteiger partial charge in [0.15, 0.2) is 0 Å². The van der Waals surface area contributed by atoms with Gasteiger partial charge in [-0.3, -0.25) is 9.69 Å². The van der Waals surface area contributed by atoms with Crippen LogP contribution in [0.5, 0.6) is 0 Å². The first kappa shape index (κ1) is 11.7. The SMILES string of the molecule is O=C(O)C1C[C@@H]2CC[C@@H](C1)N2Cc1ccccc1. The minimum absolute atomic E-state index is 0.116. The summed E-state index contributed by atoms with van der Waals surface area (Å²) in [6.07, 6.45) is 4.00. The van der Waals surface area contributed by atoms with Gasteiger partial charge < -0.3 is 5.11 Å². The predicted octanol–water partition coefficient (Wildman–Crippen LogP) is 2.51. The molecular formula is C15H19NO2. The average Bonchev–Trinajstić information content (AvgIpc) is 2.62. The molecule has 1 aromatic rings. The molecule has 3 rings (SSSR count). The molecule has 0 amide bonds. The smallest absolute Gasteiger partial charge is 0.306 e. The molecule has 3 heteroatoms. The summed E-state index contributed by atoms with van der Waals surface area (Å²) in [6.45, 7) is 0.975. The van der Waals surface area contributed by atoms with E-state index < -0.39 is 5.97 Å². The minimum atomic E-state index is -0.605. The lowest BCUT2D eigenvalue weighted by molar-refractivity contribution is -0.144. The van der Waals surface area contributed by atoms with E-state index in [1.807, 2.05) is 6.07 Å². The number of hydrogen-bond acceptors (Lipinski definition) is 2. The zero-order valence-corrected chi connectivity index (χ0v) is 10.5. The first-order chi connectivity index (χ1) is 8.74. The van der Waals surface area contributed by atoms with Gasteiger partial charge in [-0.2, -0.15) is 0 Å². The number of carbonyl (C=O) groups is 1. The Hall–Kier alpha value is -1.35. The van der Waals surface area contributed by atoms with E-state index in [0.29, 0.717) is 12.1 Å². The second-order valence-corrected chi connectivity index (χ2v) is 5.55. The molecule has 0 saturated carbocycles. The highest BCUT2D eigenvalue weighted by molar-refractivity contribution is 5.70. The molecule has 0 radical (unpaired) electrons. The third-order valence-electron chi connectivity index (χ3n) is 4.44. The van der Waals surface area contributed by atoms with Crippen LogP contribution in [0.1, 0.15) is 31.2 Å². The Kier molecular flexibility index (Phi) is 3.08. The molecule has 2 aliphatic rings. The number of carboxylic acid groups (broad SMARTS) is 1. The van der Waals surface area contributed by atoms with Crippen LogP contribution in [-0.2, 0) is 11.3 Å². The molecule has 3 nitrogen and oxygen atoms in total. The Morgan fingerprint density at radius 1 is 1.17 bits per heavy atom. The van der Waals surface area contributed by atoms with E-state index in [-0.39, 0.29) is 5.92 Å². The van der Waals surface area contributed by atoms with E-state index in [4.69, 9.17) is 5.11 Å². The number of carboxylic acids is 1. The summed E-state index contributed by atoms with van der Waals surface area (Å²) in [4.78, 5) is 13.6. The Balaban J connectivity index is 1.71. The van der Waals surface area contributed by atoms with Crippen LogP contribution in [0.25, 0.3) is 0 Å². The molecule has 1 aromatic carbocycles. The van der Waals surface area contributed by atoms with Gasteiger partial charge in [0.2, 0.25) is 0 Å². The lowest BCUT2D eigenvalue weighted by atomic mass is 9.90. The van der Waals surface area contributed by atoms with E-state index in [1.165, 1.54) is 18.4 Å². The average molecular weight is 245 g/mol. The summed E-state index contributed by atoms with van der Waals surface area (Å²) >= 11 is 0. The molecular weight excluding hydrogens is 226 g/mol. The Labute approximate surface area is 107 Å². The number of aliphatic carboxylic acids is 1. The van der Waals surface area contributed by atoms with Crippen molar-refractivity contribution in [2.24, 2.45) is 5.92 Å². The maximum Gasteiger partial charge on any atom is 0.306 e. The highest BCUT2D eigenvalue weighted by atomic mass is 16.4. The molecule has 0 unspecified atom stereocenters. The van der Waals surface area contributed by atoms with Crippen molar-refractivity contribution in [3.63, 3.8) is 0 Å². The largest absolute Gasteiger partial charge is 0.481 e. The summed E-state index contributed by atoms with van der Waals surface area (Å²) in [6, 6.07) is 11.4. The zero-order chi connectivity index (χ0) is 12.5. The molecule has 2 bridgehead atoms. The lowest BCUT2D eigenvalue weighted by Crippen LogP contribution is -2.44. The van der Waals surface area contributed by atoms with E-state index >= 15 is 0 Å². The first-order valence-corrected chi connectivity index (χ1v) is 6.76. The van der Waals surface area contributed by atoms with Gasteiger partial charge in [-0.15, -0.1) is 0 Å². The van der Waals surface area contributed by atoms with Crippen molar-refractivity contribution in [3.05, 3.63) is 35.9 Å². The quantitative estimate of drug-likeness (QED) is 0.889. The van der Waals surface area contributed by atoms with Crippen LogP contribution in [0.15, 0.2) is 30.3 Å². The second kappa shape index (κ2) is 4.73. The normalized spacial score (nSPS) is 31.4. The van der Waals surface area contributed by atoms with Crippen LogP contribution in [0.4, 0.5) is 0 Å². The van der Waals surface area contributed by atoms with Crippen molar-refractivity contribution in [2.45, 2.75) is 44.3 Å². The van der Waals surface area contributed by atoms with Crippen molar-refractivity contribution in [3.8, 4) is 0 Å². The van der Waals surface area contributed by atoms with E-state index in [9.17, 15) is 4.79 Å². The van der Waals surface area contributed by atoms with Crippen LogP contribution in [0, 0.1) is 5.92 Å². The van der Waals surface area contributed by atoms with Crippen LogP contribution in [0.3, 0.4) is 0 Å². The summed E-state index contributed by atoms with van der Waals surface area (Å²) in [5.41, 5.74) is 1.34. The molecule has 2 aliphatic heterocycles. The maximum atomic E-state index is 11.1. The molecule has 0 aromatic heterocycles. The van der Waals surface area contributed by atoms with E-state index in [0.717, 1.165) is 19.4 Å². The molecule has 2 heterocycles. The number of piperidine rings is 1. The molecule has 0 spiro atoms. The van der Waals surface area contributed by atoms with Gasteiger partial charge in [0.05, 0.1) is 5.92 Å². The van der Waals surface area contributed by atoms with Crippen LogP contribution < -0.4 is 0 Å². The second-order valence-electron chi connectivity index (χ2n) is 5.55. The summed E-state index contributed by atoms with van der Waals surface area (Å²) < 4.78 is 0. The van der Waals surface area contributed by atoms with Crippen LogP contribution in [-0.4, -0.2) is 28.1 Å². The summed E-state index contributed by atoms with van der Waals surface area (Å²) in [5, 5.41) is 9.16. The van der Waals surface area contributed by atoms with Gasteiger partial charge in [0, 0.05) is 18.6 Å². The number of nitrogens with zero attached hydrogens (tertiary/aromatic N) is 1. The third-order valence-corrected chi connectivity index (χ3v) is 4.44. The Morgan fingerprint density at radius 3 is 2.33 bits per heavy atom. The van der Waals surface area contributed by atoms with Gasteiger partial charge in [0.1, 0.15) is 0 Å². The maximum absolute atomic E-state index is 11.1. The van der Waals surface area contributed by atoms with Gasteiger partial charge >= 0.3 is 5.97 Å². The molecule has 18 heavy (non-hydrogen) atoms. The third kappa shape index (κ3) is 2.15. The van der Waals surface area contributed by atoms with Crippen molar-refractivity contribution in [1.82, 2.24) is 4.90 Å². The topological polar surface area (TPSA) is 40.5 Å². The first-order valence-electron chi connectivity index (χ1n) is 6.76. The monoisotopic (exact) mass is 245 g/mol. The fourth-order valence-electron chi connectivity index (χ4n) is 3.53. The molecule has 2 saturated heterocycles. The van der Waals surface area contributed by atoms with Gasteiger partial charge in [0.25, 0.3) is 0 Å². The van der Waals surface area contributed by atoms with Gasteiger partial charge in [-0.1, -0.05) is 30.3 Å². The molecule has 2 atom stereocenters. The van der Waals surface area contributed by atoms with Crippen molar-refractivity contribution in [2.75, 3.05) is 0 Å². The number of fused-ring (bicyclic) bond motifs is 2. The Bertz CT molecular complexity index is 417. The van der Waals surface area contributed by atoms with Crippen LogP contribution in [0.2, 0.25) is 0 Å². The molecule has 1 N–H and O–H groups in total. The molecule has 0 aliphatic carbocycles. The van der Waals surface area contributed by atoms with Gasteiger partial charge in [-0.05, 0) is 31.2 Å². The summed E-state index contributed by atoms with van der Waals surface area (Å²) in [7, 11) is 0. The van der Waals surface area contributed by atoms with Crippen molar-refractivity contribution >= 4 is 5.97 Å². The predicted molar refractivity (Wildman–Crippen MR) is 69.2 cm³/mol. The van der Waals surface area contributed by atoms with Crippen LogP contribution >= 0.6 is 0 Å². The standard InChI is InChI=1S/C15H19NO2/c17-15(18)12-8-13-6-7-14(9-12)16(13)10-11-4-2-1-3-5-11/h1-5,12-14H,6-10H2,(H,17,18)/t13-,14-/m0/s1. The fourth-order valence-corrected chi connectivity index (χ4v) is 3.53. The minimum Gasteiger partial charge on any atom is -0.481 e. The number of benzene rings is 1. The molecule has 2 fully saturated rings. The van der Waals surface area contributed by atoms with E-state index in [2.05, 4.69) is 29.2 Å². The highest BCUT2D eigenvalue weighted by Crippen LogP contribution is 2.39. The highest BCUT2D eigenvalue weighted by Gasteiger charge is 2.42. The van der Waals surface area contributed by atoms with Crippen molar-refractivity contribution < 1.29 is 9.90 Å². The number of hydrogen-bond donors (Lipinski definition) is 1. The number of rotatable bonds is 3. The van der Waals surface area contributed by atoms with Gasteiger partial charge in [-0.25, -0.2) is 0 Å². The van der Waals surface area contributed by atoms with Crippen molar-refractivity contribution in [1.29, 1.82) is 0 Å². The fraction of sp³-hybridized carbons (Fsp3) is 0.533.